The lowest BCUT2D eigenvalue weighted by Gasteiger charge is -2.09. The minimum Gasteiger partial charge on any atom is -0.340 e. The average molecular weight is 363 g/mol. The summed E-state index contributed by atoms with van der Waals surface area (Å²) in [5.41, 5.74) is 6.34. The van der Waals surface area contributed by atoms with Gasteiger partial charge in [-0.1, -0.05) is 29.8 Å². The number of nitrogens with one attached hydrogen (secondary N) is 1. The van der Waals surface area contributed by atoms with Gasteiger partial charge >= 0.3 is 0 Å². The van der Waals surface area contributed by atoms with Crippen molar-refractivity contribution >= 4 is 34.1 Å². The van der Waals surface area contributed by atoms with Crippen LogP contribution in [0.2, 0.25) is 5.02 Å². The smallest absolute Gasteiger partial charge is 0.150 e. The van der Waals surface area contributed by atoms with Crippen molar-refractivity contribution in [1.29, 1.82) is 0 Å². The summed E-state index contributed by atoms with van der Waals surface area (Å²) in [6.07, 6.45) is 1.60. The van der Waals surface area contributed by atoms with E-state index in [0.29, 0.717) is 5.02 Å². The Balaban J connectivity index is 1.91. The van der Waals surface area contributed by atoms with Gasteiger partial charge in [-0.2, -0.15) is 0 Å². The van der Waals surface area contributed by atoms with Crippen LogP contribution in [0.25, 0.3) is 16.7 Å². The van der Waals surface area contributed by atoms with Gasteiger partial charge in [-0.15, -0.1) is 0 Å². The Hall–Kier alpha value is -2.85. The number of aromatic nitrogens is 3. The summed E-state index contributed by atoms with van der Waals surface area (Å²) in [4.78, 5) is 9.05. The van der Waals surface area contributed by atoms with Crippen LogP contribution in [0.1, 0.15) is 16.8 Å². The van der Waals surface area contributed by atoms with Crippen LogP contribution in [0.4, 0.5) is 11.5 Å². The lowest BCUT2D eigenvalue weighted by molar-refractivity contribution is 1.01. The number of hydrogen-bond donors (Lipinski definition) is 1. The third-order valence-electron chi connectivity index (χ3n) is 4.64. The molecule has 2 aromatic carbocycles. The second kappa shape index (κ2) is 6.46. The van der Waals surface area contributed by atoms with Crippen LogP contribution in [0.5, 0.6) is 0 Å². The molecule has 2 heterocycles. The quantitative estimate of drug-likeness (QED) is 0.505. The van der Waals surface area contributed by atoms with E-state index >= 15 is 0 Å². The summed E-state index contributed by atoms with van der Waals surface area (Å²) in [6, 6.07) is 16.1. The molecule has 0 aliphatic rings. The Labute approximate surface area is 157 Å². The first-order valence-electron chi connectivity index (χ1n) is 8.47. The van der Waals surface area contributed by atoms with E-state index in [1.165, 1.54) is 5.56 Å². The van der Waals surface area contributed by atoms with Gasteiger partial charge in [0, 0.05) is 22.1 Å². The molecule has 2 aromatic heterocycles. The number of benzene rings is 2. The van der Waals surface area contributed by atoms with Crippen LogP contribution in [0.15, 0.2) is 54.9 Å². The molecule has 4 nitrogen and oxygen atoms in total. The maximum atomic E-state index is 6.20. The predicted molar refractivity (Wildman–Crippen MR) is 108 cm³/mol. The molecule has 0 fully saturated rings. The van der Waals surface area contributed by atoms with Gasteiger partial charge < -0.3 is 5.32 Å². The highest BCUT2D eigenvalue weighted by Crippen LogP contribution is 2.33. The van der Waals surface area contributed by atoms with Gasteiger partial charge in [0.15, 0.2) is 5.65 Å². The molecule has 130 valence electrons. The Morgan fingerprint density at radius 3 is 2.54 bits per heavy atom. The number of anilines is 2. The van der Waals surface area contributed by atoms with E-state index in [1.54, 1.807) is 6.33 Å². The van der Waals surface area contributed by atoms with Gasteiger partial charge in [0.25, 0.3) is 0 Å². The molecule has 0 aliphatic heterocycles. The molecule has 4 rings (SSSR count). The van der Waals surface area contributed by atoms with Gasteiger partial charge in [-0.05, 0) is 62.2 Å². The monoisotopic (exact) mass is 362 g/mol. The standard InChI is InChI=1S/C21H19ClN4/c1-13-6-4-8-17(10-13)25-20-19-14(2)15(3)26(21(19)24-12-23-20)18-9-5-7-16(22)11-18/h4-12H,1-3H3,(H,23,24,25). The third-order valence-corrected chi connectivity index (χ3v) is 4.87. The van der Waals surface area contributed by atoms with Crippen LogP contribution in [0.3, 0.4) is 0 Å². The van der Waals surface area contributed by atoms with Crippen molar-refractivity contribution in [2.75, 3.05) is 5.32 Å². The largest absolute Gasteiger partial charge is 0.340 e. The Bertz CT molecular complexity index is 1110. The van der Waals surface area contributed by atoms with Crippen LogP contribution >= 0.6 is 11.6 Å². The molecule has 0 radical (unpaired) electrons. The van der Waals surface area contributed by atoms with Crippen LogP contribution in [-0.2, 0) is 0 Å². The molecule has 0 unspecified atom stereocenters. The Morgan fingerprint density at radius 1 is 0.962 bits per heavy atom. The van der Waals surface area contributed by atoms with Crippen molar-refractivity contribution in [3.05, 3.63) is 76.7 Å². The lowest BCUT2D eigenvalue weighted by Crippen LogP contribution is -1.99. The first-order chi connectivity index (χ1) is 12.5. The van der Waals surface area contributed by atoms with Crippen molar-refractivity contribution in [3.8, 4) is 5.69 Å². The first kappa shape index (κ1) is 16.6. The van der Waals surface area contributed by atoms with Gasteiger partial charge in [0.1, 0.15) is 12.1 Å². The fourth-order valence-electron chi connectivity index (χ4n) is 3.28. The molecule has 0 atom stereocenters. The Kier molecular flexibility index (Phi) is 4.13. The molecule has 0 amide bonds. The second-order valence-electron chi connectivity index (χ2n) is 6.44. The van der Waals surface area contributed by atoms with Crippen molar-refractivity contribution in [2.24, 2.45) is 0 Å². The highest BCUT2D eigenvalue weighted by Gasteiger charge is 2.17. The van der Waals surface area contributed by atoms with Gasteiger partial charge in [0.2, 0.25) is 0 Å². The minimum atomic E-state index is 0.702. The maximum Gasteiger partial charge on any atom is 0.150 e. The molecule has 0 aliphatic carbocycles. The highest BCUT2D eigenvalue weighted by molar-refractivity contribution is 6.30. The number of aryl methyl sites for hydroxylation is 2. The zero-order valence-corrected chi connectivity index (χ0v) is 15.7. The van der Waals surface area contributed by atoms with Crippen molar-refractivity contribution < 1.29 is 0 Å². The number of rotatable bonds is 3. The zero-order valence-electron chi connectivity index (χ0n) is 14.9. The molecule has 1 N–H and O–H groups in total. The highest BCUT2D eigenvalue weighted by atomic mass is 35.5. The molecule has 0 saturated carbocycles. The van der Waals surface area contributed by atoms with Crippen molar-refractivity contribution in [2.45, 2.75) is 20.8 Å². The number of nitrogens with zero attached hydrogens (tertiary/aromatic N) is 3. The molecular weight excluding hydrogens is 344 g/mol. The topological polar surface area (TPSA) is 42.7 Å². The second-order valence-corrected chi connectivity index (χ2v) is 6.88. The van der Waals surface area contributed by atoms with Crippen molar-refractivity contribution in [1.82, 2.24) is 14.5 Å². The van der Waals surface area contributed by atoms with Crippen molar-refractivity contribution in [3.63, 3.8) is 0 Å². The number of hydrogen-bond acceptors (Lipinski definition) is 3. The van der Waals surface area contributed by atoms with E-state index in [9.17, 15) is 0 Å². The predicted octanol–water partition coefficient (Wildman–Crippen LogP) is 5.74. The van der Waals surface area contributed by atoms with Crippen LogP contribution in [0, 0.1) is 20.8 Å². The fourth-order valence-corrected chi connectivity index (χ4v) is 3.47. The van der Waals surface area contributed by atoms with Gasteiger partial charge in [0.05, 0.1) is 5.39 Å². The summed E-state index contributed by atoms with van der Waals surface area (Å²) in [5, 5.41) is 5.16. The van der Waals surface area contributed by atoms with Gasteiger partial charge in [-0.3, -0.25) is 4.57 Å². The summed E-state index contributed by atoms with van der Waals surface area (Å²) in [7, 11) is 0. The summed E-state index contributed by atoms with van der Waals surface area (Å²) in [5.74, 6) is 0.807. The van der Waals surface area contributed by atoms with E-state index in [0.717, 1.165) is 39.5 Å². The zero-order chi connectivity index (χ0) is 18.3. The van der Waals surface area contributed by atoms with E-state index in [-0.39, 0.29) is 0 Å². The fraction of sp³-hybridized carbons (Fsp3) is 0.143. The summed E-state index contributed by atoms with van der Waals surface area (Å²) < 4.78 is 2.12. The van der Waals surface area contributed by atoms with Crippen LogP contribution in [-0.4, -0.2) is 14.5 Å². The summed E-state index contributed by atoms with van der Waals surface area (Å²) >= 11 is 6.20. The van der Waals surface area contributed by atoms with E-state index in [1.807, 2.05) is 36.4 Å². The molecule has 0 spiro atoms. The molecule has 4 aromatic rings. The van der Waals surface area contributed by atoms with E-state index in [4.69, 9.17) is 11.6 Å². The third kappa shape index (κ3) is 2.82. The van der Waals surface area contributed by atoms with E-state index in [2.05, 4.69) is 52.8 Å². The molecule has 0 bridgehead atoms. The molecule has 5 heteroatoms. The average Bonchev–Trinajstić information content (AvgIpc) is 2.87. The van der Waals surface area contributed by atoms with Crippen LogP contribution < -0.4 is 5.32 Å². The maximum absolute atomic E-state index is 6.20. The molecule has 0 saturated heterocycles. The molecular formula is C21H19ClN4. The first-order valence-corrected chi connectivity index (χ1v) is 8.84. The van der Waals surface area contributed by atoms with Gasteiger partial charge in [-0.25, -0.2) is 9.97 Å². The Morgan fingerprint density at radius 2 is 1.77 bits per heavy atom. The summed E-state index contributed by atoms with van der Waals surface area (Å²) in [6.45, 7) is 6.27. The molecule has 26 heavy (non-hydrogen) atoms. The SMILES string of the molecule is Cc1cccc(Nc2ncnc3c2c(C)c(C)n3-c2cccc(Cl)c2)c1. The number of halogens is 1. The number of fused-ring (bicyclic) bond motifs is 1. The van der Waals surface area contributed by atoms with E-state index < -0.39 is 0 Å². The lowest BCUT2D eigenvalue weighted by atomic mass is 10.2. The minimum absolute atomic E-state index is 0.702. The normalized spacial score (nSPS) is 11.1.